The Kier molecular flexibility index (Phi) is 4.11. The lowest BCUT2D eigenvalue weighted by Crippen LogP contribution is -2.34. The second-order valence-electron chi connectivity index (χ2n) is 6.15. The summed E-state index contributed by atoms with van der Waals surface area (Å²) in [6.07, 6.45) is 1.92. The van der Waals surface area contributed by atoms with Gasteiger partial charge in [0.15, 0.2) is 0 Å². The number of hydrogen-bond acceptors (Lipinski definition) is 5. The molecule has 2 aromatic carbocycles. The van der Waals surface area contributed by atoms with Crippen LogP contribution >= 0.6 is 35.3 Å². The van der Waals surface area contributed by atoms with Gasteiger partial charge in [0.1, 0.15) is 15.8 Å². The molecule has 5 rings (SSSR count). The van der Waals surface area contributed by atoms with Crippen LogP contribution < -0.4 is 4.74 Å². The molecule has 3 aromatic rings. The van der Waals surface area contributed by atoms with Crippen LogP contribution in [0.5, 0.6) is 11.5 Å². The van der Waals surface area contributed by atoms with Crippen LogP contribution in [0.25, 0.3) is 6.08 Å². The van der Waals surface area contributed by atoms with Crippen LogP contribution in [0.2, 0.25) is 0 Å². The van der Waals surface area contributed by atoms with Crippen LogP contribution in [0.15, 0.2) is 70.9 Å². The Morgan fingerprint density at radius 2 is 1.63 bits per heavy atom. The molecule has 0 radical (unpaired) electrons. The number of carbonyl (C=O) groups excluding carboxylic acids is 1. The maximum Gasteiger partial charge on any atom is 0.267 e. The molecule has 27 heavy (non-hydrogen) atoms. The lowest BCUT2D eigenvalue weighted by molar-refractivity contribution is -0.123. The summed E-state index contributed by atoms with van der Waals surface area (Å²) in [7, 11) is 0. The van der Waals surface area contributed by atoms with E-state index in [0.29, 0.717) is 9.23 Å². The van der Waals surface area contributed by atoms with E-state index in [4.69, 9.17) is 17.0 Å². The molecule has 0 spiro atoms. The van der Waals surface area contributed by atoms with E-state index in [-0.39, 0.29) is 11.9 Å². The third kappa shape index (κ3) is 2.81. The monoisotopic (exact) mass is 407 g/mol. The molecular formula is C21H13NO2S3. The number of nitrogens with zero attached hydrogens (tertiary/aromatic N) is 1. The first-order valence-electron chi connectivity index (χ1n) is 8.38. The summed E-state index contributed by atoms with van der Waals surface area (Å²) >= 11 is 8.58. The number of carbonyl (C=O) groups is 1. The molecule has 132 valence electrons. The quantitative estimate of drug-likeness (QED) is 0.394. The van der Waals surface area contributed by atoms with Crippen LogP contribution in [-0.2, 0) is 4.79 Å². The van der Waals surface area contributed by atoms with E-state index in [0.717, 1.165) is 27.5 Å². The van der Waals surface area contributed by atoms with Crippen molar-refractivity contribution in [2.45, 2.75) is 6.04 Å². The molecule has 1 saturated heterocycles. The van der Waals surface area contributed by atoms with Gasteiger partial charge >= 0.3 is 0 Å². The minimum absolute atomic E-state index is 0.0603. The van der Waals surface area contributed by atoms with Crippen LogP contribution in [-0.4, -0.2) is 15.1 Å². The minimum atomic E-state index is -0.284. The number of rotatable bonds is 2. The Labute approximate surface area is 170 Å². The Bertz CT molecular complexity index is 1040. The number of para-hydroxylation sites is 2. The molecule has 2 aliphatic heterocycles. The second kappa shape index (κ2) is 6.64. The summed E-state index contributed by atoms with van der Waals surface area (Å²) in [5, 5.41) is 2.00. The highest BCUT2D eigenvalue weighted by molar-refractivity contribution is 8.26. The first-order valence-corrected chi connectivity index (χ1v) is 10.5. The zero-order chi connectivity index (χ0) is 18.4. The summed E-state index contributed by atoms with van der Waals surface area (Å²) in [5.74, 6) is 1.46. The van der Waals surface area contributed by atoms with E-state index >= 15 is 0 Å². The van der Waals surface area contributed by atoms with Crippen LogP contribution in [0.4, 0.5) is 0 Å². The van der Waals surface area contributed by atoms with Gasteiger partial charge in [-0.3, -0.25) is 9.69 Å². The molecule has 6 heteroatoms. The molecule has 3 nitrogen and oxygen atoms in total. The zero-order valence-electron chi connectivity index (χ0n) is 14.0. The van der Waals surface area contributed by atoms with Gasteiger partial charge in [-0.25, -0.2) is 0 Å². The van der Waals surface area contributed by atoms with Gasteiger partial charge in [-0.1, -0.05) is 66.4 Å². The van der Waals surface area contributed by atoms with E-state index in [1.165, 1.54) is 11.8 Å². The van der Waals surface area contributed by atoms with E-state index in [2.05, 4.69) is 0 Å². The van der Waals surface area contributed by atoms with Gasteiger partial charge in [0.2, 0.25) is 0 Å². The number of thiocarbonyl (C=S) groups is 1. The summed E-state index contributed by atoms with van der Waals surface area (Å²) in [4.78, 5) is 16.7. The highest BCUT2D eigenvalue weighted by atomic mass is 32.2. The van der Waals surface area contributed by atoms with Gasteiger partial charge in [-0.05, 0) is 29.7 Å². The van der Waals surface area contributed by atoms with Gasteiger partial charge in [-0.2, -0.15) is 0 Å². The molecule has 1 aromatic heterocycles. The van der Waals surface area contributed by atoms with E-state index in [1.807, 2.05) is 72.1 Å². The molecule has 0 aliphatic carbocycles. The number of ether oxygens (including phenoxy) is 1. The number of fused-ring (bicyclic) bond motifs is 2. The van der Waals surface area contributed by atoms with Crippen molar-refractivity contribution >= 4 is 51.6 Å². The fourth-order valence-corrected chi connectivity index (χ4v) is 5.40. The van der Waals surface area contributed by atoms with Crippen molar-refractivity contribution < 1.29 is 9.53 Å². The molecule has 0 saturated carbocycles. The summed E-state index contributed by atoms with van der Waals surface area (Å²) in [5.41, 5.74) is 1.90. The number of hydrogen-bond donors (Lipinski definition) is 0. The molecular weight excluding hydrogens is 394 g/mol. The van der Waals surface area contributed by atoms with Gasteiger partial charge in [-0.15, -0.1) is 11.3 Å². The van der Waals surface area contributed by atoms with Crippen molar-refractivity contribution in [2.75, 3.05) is 0 Å². The predicted octanol–water partition coefficient (Wildman–Crippen LogP) is 5.84. The standard InChI is InChI=1S/C21H13NO2S3/c23-20-18(12-13-6-5-11-26-13)27-21(25)22(20)19-14-7-1-3-9-16(14)24-17-10-4-2-8-15(17)19/h1-12,19H. The highest BCUT2D eigenvalue weighted by Crippen LogP contribution is 2.49. The average Bonchev–Trinajstić information content (AvgIpc) is 3.29. The van der Waals surface area contributed by atoms with Crippen molar-refractivity contribution in [1.82, 2.24) is 4.90 Å². The van der Waals surface area contributed by atoms with Crippen molar-refractivity contribution in [3.05, 3.63) is 87.0 Å². The lowest BCUT2D eigenvalue weighted by atomic mass is 9.93. The fourth-order valence-electron chi connectivity index (χ4n) is 3.37. The molecule has 0 bridgehead atoms. The molecule has 2 aliphatic rings. The van der Waals surface area contributed by atoms with E-state index in [1.54, 1.807) is 16.2 Å². The SMILES string of the molecule is O=C1C(=Cc2cccs2)SC(=S)N1C1c2ccccc2Oc2ccccc21. The third-order valence-corrected chi connectivity index (χ3v) is 6.70. The summed E-state index contributed by atoms with van der Waals surface area (Å²) in [6.45, 7) is 0. The van der Waals surface area contributed by atoms with Gasteiger partial charge < -0.3 is 4.74 Å². The average molecular weight is 408 g/mol. The van der Waals surface area contributed by atoms with Crippen molar-refractivity contribution in [2.24, 2.45) is 0 Å². The fraction of sp³-hybridized carbons (Fsp3) is 0.0476. The first kappa shape index (κ1) is 16.7. The number of thioether (sulfide) groups is 1. The smallest absolute Gasteiger partial charge is 0.267 e. The van der Waals surface area contributed by atoms with Gasteiger partial charge in [0.05, 0.1) is 10.9 Å². The number of amides is 1. The van der Waals surface area contributed by atoms with Gasteiger partial charge in [0, 0.05) is 16.0 Å². The molecule has 3 heterocycles. The normalized spacial score (nSPS) is 17.8. The maximum absolute atomic E-state index is 13.3. The van der Waals surface area contributed by atoms with Crippen LogP contribution in [0.3, 0.4) is 0 Å². The largest absolute Gasteiger partial charge is 0.457 e. The number of thiophene rings is 1. The molecule has 1 amide bonds. The van der Waals surface area contributed by atoms with Gasteiger partial charge in [0.25, 0.3) is 5.91 Å². The van der Waals surface area contributed by atoms with Crippen LogP contribution in [0.1, 0.15) is 22.0 Å². The minimum Gasteiger partial charge on any atom is -0.457 e. The van der Waals surface area contributed by atoms with Crippen molar-refractivity contribution in [3.63, 3.8) is 0 Å². The van der Waals surface area contributed by atoms with Crippen molar-refractivity contribution in [3.8, 4) is 11.5 Å². The molecule has 0 N–H and O–H groups in total. The second-order valence-corrected chi connectivity index (χ2v) is 8.80. The highest BCUT2D eigenvalue weighted by Gasteiger charge is 2.42. The topological polar surface area (TPSA) is 29.5 Å². The van der Waals surface area contributed by atoms with Crippen LogP contribution in [0, 0.1) is 0 Å². The Balaban J connectivity index is 1.62. The third-order valence-electron chi connectivity index (χ3n) is 4.55. The van der Waals surface area contributed by atoms with E-state index < -0.39 is 0 Å². The Morgan fingerprint density at radius 3 is 2.26 bits per heavy atom. The van der Waals surface area contributed by atoms with E-state index in [9.17, 15) is 4.79 Å². The maximum atomic E-state index is 13.3. The molecule has 0 unspecified atom stereocenters. The molecule has 0 atom stereocenters. The summed E-state index contributed by atoms with van der Waals surface area (Å²) in [6, 6.07) is 19.3. The Hall–Kier alpha value is -2.41. The summed E-state index contributed by atoms with van der Waals surface area (Å²) < 4.78 is 6.62. The first-order chi connectivity index (χ1) is 13.2. The lowest BCUT2D eigenvalue weighted by Gasteiger charge is -2.33. The van der Waals surface area contributed by atoms with Crippen molar-refractivity contribution in [1.29, 1.82) is 0 Å². The molecule has 1 fully saturated rings. The predicted molar refractivity (Wildman–Crippen MR) is 114 cm³/mol. The number of benzene rings is 2. The Morgan fingerprint density at radius 1 is 0.963 bits per heavy atom. The zero-order valence-corrected chi connectivity index (χ0v) is 16.4.